The molecule has 0 unspecified atom stereocenters. The molecule has 25 heavy (non-hydrogen) atoms. The number of benzene rings is 1. The van der Waals surface area contributed by atoms with Crippen molar-refractivity contribution in [3.8, 4) is 34.3 Å². The van der Waals surface area contributed by atoms with Gasteiger partial charge in [-0.25, -0.2) is 0 Å². The molecule has 10 heteroatoms. The number of hydrogen-bond donors (Lipinski definition) is 3. The Hall–Kier alpha value is -3.69. The lowest BCUT2D eigenvalue weighted by atomic mass is 10.1. The van der Waals surface area contributed by atoms with Gasteiger partial charge in [0, 0.05) is 23.4 Å². The first-order valence-corrected chi connectivity index (χ1v) is 7.03. The highest BCUT2D eigenvalue weighted by Crippen LogP contribution is 2.39. The normalized spacial score (nSPS) is 10.8. The summed E-state index contributed by atoms with van der Waals surface area (Å²) in [5.74, 6) is -1.51. The molecule has 0 radical (unpaired) electrons. The Balaban J connectivity index is 2.14. The van der Waals surface area contributed by atoms with E-state index < -0.39 is 22.1 Å². The molecule has 10 nitrogen and oxygen atoms in total. The molecule has 0 amide bonds. The third-order valence-corrected chi connectivity index (χ3v) is 3.69. The molecular weight excluding hydrogens is 332 g/mol. The van der Waals surface area contributed by atoms with Gasteiger partial charge < -0.3 is 19.7 Å². The number of nitro benzene ring substituents is 1. The Bertz CT molecular complexity index is 1050. The number of phenols is 2. The average Bonchev–Trinajstić information content (AvgIpc) is 3.03. The number of nitrogens with one attached hydrogen (secondary N) is 1. The number of phenolic OH excluding ortho intramolecular Hbond substituents is 2. The zero-order chi connectivity index (χ0) is 18.3. The number of pyridine rings is 1. The number of rotatable bonds is 3. The van der Waals surface area contributed by atoms with Gasteiger partial charge in [0.2, 0.25) is 11.6 Å². The van der Waals surface area contributed by atoms with Crippen LogP contribution in [0.2, 0.25) is 0 Å². The van der Waals surface area contributed by atoms with Crippen LogP contribution < -0.4 is 5.56 Å². The number of hydrogen-bond acceptors (Lipinski definition) is 8. The summed E-state index contributed by atoms with van der Waals surface area (Å²) in [5, 5.41) is 33.9. The maximum absolute atomic E-state index is 11.8. The van der Waals surface area contributed by atoms with Gasteiger partial charge in [-0.2, -0.15) is 4.98 Å². The Labute approximate surface area is 139 Å². The molecule has 0 aliphatic rings. The summed E-state index contributed by atoms with van der Waals surface area (Å²) >= 11 is 0. The highest BCUT2D eigenvalue weighted by atomic mass is 16.6. The minimum Gasteiger partial charge on any atom is -0.504 e. The van der Waals surface area contributed by atoms with Crippen LogP contribution in [0.4, 0.5) is 5.69 Å². The molecule has 0 aliphatic carbocycles. The summed E-state index contributed by atoms with van der Waals surface area (Å²) in [6.07, 6.45) is 1.51. The van der Waals surface area contributed by atoms with E-state index in [1.165, 1.54) is 6.20 Å². The average molecular weight is 344 g/mol. The third-order valence-electron chi connectivity index (χ3n) is 3.69. The zero-order valence-corrected chi connectivity index (χ0v) is 13.1. The molecule has 0 saturated carbocycles. The first kappa shape index (κ1) is 16.2. The molecule has 2 aromatic heterocycles. The maximum atomic E-state index is 11.8. The van der Waals surface area contributed by atoms with Gasteiger partial charge in [0.1, 0.15) is 0 Å². The summed E-state index contributed by atoms with van der Waals surface area (Å²) in [5.41, 5.74) is 0.649. The van der Waals surface area contributed by atoms with E-state index in [4.69, 9.17) is 4.52 Å². The van der Waals surface area contributed by atoms with Gasteiger partial charge in [-0.05, 0) is 25.5 Å². The monoisotopic (exact) mass is 344 g/mol. The number of aromatic hydroxyl groups is 2. The number of H-pyrrole nitrogens is 1. The predicted octanol–water partition coefficient (Wildman–Crippen LogP) is 2.03. The molecule has 0 saturated heterocycles. The van der Waals surface area contributed by atoms with Gasteiger partial charge in [0.15, 0.2) is 5.75 Å². The lowest BCUT2D eigenvalue weighted by molar-refractivity contribution is -0.385. The molecule has 3 N–H and O–H groups in total. The number of nitro groups is 1. The SMILES string of the molecule is Cc1c[nH]c(=O)c(C)c1-c1noc(-c2cc(O)c(O)c([N+](=O)[O-])c2)n1. The number of aromatic nitrogens is 3. The largest absolute Gasteiger partial charge is 0.504 e. The lowest BCUT2D eigenvalue weighted by Crippen LogP contribution is -2.11. The van der Waals surface area contributed by atoms with Crippen LogP contribution in [0.25, 0.3) is 22.8 Å². The van der Waals surface area contributed by atoms with Crippen molar-refractivity contribution in [1.82, 2.24) is 15.1 Å². The van der Waals surface area contributed by atoms with Crippen LogP contribution >= 0.6 is 0 Å². The molecule has 2 heterocycles. The van der Waals surface area contributed by atoms with E-state index in [1.54, 1.807) is 13.8 Å². The fourth-order valence-electron chi connectivity index (χ4n) is 2.42. The van der Waals surface area contributed by atoms with Crippen molar-refractivity contribution >= 4 is 5.69 Å². The van der Waals surface area contributed by atoms with E-state index in [0.717, 1.165) is 12.1 Å². The number of nitrogens with zero attached hydrogens (tertiary/aromatic N) is 3. The Morgan fingerprint density at radius 3 is 2.68 bits per heavy atom. The summed E-state index contributed by atoms with van der Waals surface area (Å²) in [6.45, 7) is 3.36. The van der Waals surface area contributed by atoms with Crippen LogP contribution in [0.3, 0.4) is 0 Å². The van der Waals surface area contributed by atoms with Crippen molar-refractivity contribution in [3.05, 3.63) is 49.9 Å². The van der Waals surface area contributed by atoms with Crippen LogP contribution in [0.5, 0.6) is 11.5 Å². The van der Waals surface area contributed by atoms with Crippen molar-refractivity contribution in [3.63, 3.8) is 0 Å². The standard InChI is InChI=1S/C15H12N4O6/c1-6-5-16-14(22)7(2)11(6)13-17-15(25-18-13)8-3-9(19(23)24)12(21)10(20)4-8/h3-5,20-21H,1-2H3,(H,16,22). The topological polar surface area (TPSA) is 155 Å². The van der Waals surface area contributed by atoms with Gasteiger partial charge in [-0.3, -0.25) is 14.9 Å². The Kier molecular flexibility index (Phi) is 3.72. The summed E-state index contributed by atoms with van der Waals surface area (Å²) in [4.78, 5) is 28.6. The second-order valence-corrected chi connectivity index (χ2v) is 5.34. The molecular formula is C15H12N4O6. The molecule has 3 aromatic rings. The van der Waals surface area contributed by atoms with Crippen LogP contribution in [0, 0.1) is 24.0 Å². The smallest absolute Gasteiger partial charge is 0.315 e. The Morgan fingerprint density at radius 2 is 2.00 bits per heavy atom. The highest BCUT2D eigenvalue weighted by Gasteiger charge is 2.23. The quantitative estimate of drug-likeness (QED) is 0.370. The molecule has 0 fully saturated rings. The number of aryl methyl sites for hydroxylation is 1. The lowest BCUT2D eigenvalue weighted by Gasteiger charge is -2.03. The predicted molar refractivity (Wildman–Crippen MR) is 85.2 cm³/mol. The fraction of sp³-hybridized carbons (Fsp3) is 0.133. The van der Waals surface area contributed by atoms with Gasteiger partial charge in [0.25, 0.3) is 11.4 Å². The second-order valence-electron chi connectivity index (χ2n) is 5.34. The van der Waals surface area contributed by atoms with E-state index in [-0.39, 0.29) is 22.8 Å². The van der Waals surface area contributed by atoms with Crippen molar-refractivity contribution in [2.75, 3.05) is 0 Å². The summed E-state index contributed by atoms with van der Waals surface area (Å²) < 4.78 is 5.10. The van der Waals surface area contributed by atoms with Gasteiger partial charge >= 0.3 is 5.69 Å². The van der Waals surface area contributed by atoms with Crippen LogP contribution in [0.15, 0.2) is 27.6 Å². The van der Waals surface area contributed by atoms with E-state index in [2.05, 4.69) is 15.1 Å². The van der Waals surface area contributed by atoms with E-state index >= 15 is 0 Å². The van der Waals surface area contributed by atoms with E-state index in [1.807, 2.05) is 0 Å². The minimum atomic E-state index is -0.852. The van der Waals surface area contributed by atoms with Gasteiger partial charge in [-0.1, -0.05) is 5.16 Å². The van der Waals surface area contributed by atoms with Gasteiger partial charge in [0.05, 0.1) is 10.5 Å². The van der Waals surface area contributed by atoms with Crippen molar-refractivity contribution in [2.45, 2.75) is 13.8 Å². The van der Waals surface area contributed by atoms with Crippen LogP contribution in [0.1, 0.15) is 11.1 Å². The summed E-state index contributed by atoms with van der Waals surface area (Å²) in [7, 11) is 0. The third kappa shape index (κ3) is 2.69. The first-order chi connectivity index (χ1) is 11.8. The van der Waals surface area contributed by atoms with Crippen molar-refractivity contribution < 1.29 is 19.7 Å². The molecule has 0 bridgehead atoms. The molecule has 0 spiro atoms. The van der Waals surface area contributed by atoms with E-state index in [0.29, 0.717) is 16.7 Å². The Morgan fingerprint density at radius 1 is 1.28 bits per heavy atom. The second kappa shape index (κ2) is 5.74. The summed E-state index contributed by atoms with van der Waals surface area (Å²) in [6, 6.07) is 2.07. The zero-order valence-electron chi connectivity index (χ0n) is 13.1. The molecule has 0 aliphatic heterocycles. The highest BCUT2D eigenvalue weighted by molar-refractivity contribution is 5.70. The molecule has 0 atom stereocenters. The van der Waals surface area contributed by atoms with E-state index in [9.17, 15) is 25.1 Å². The van der Waals surface area contributed by atoms with Crippen LogP contribution in [-0.4, -0.2) is 30.3 Å². The molecule has 3 rings (SSSR count). The molecule has 128 valence electrons. The van der Waals surface area contributed by atoms with Crippen LogP contribution in [-0.2, 0) is 0 Å². The van der Waals surface area contributed by atoms with Crippen molar-refractivity contribution in [1.29, 1.82) is 0 Å². The van der Waals surface area contributed by atoms with Gasteiger partial charge in [-0.15, -0.1) is 0 Å². The maximum Gasteiger partial charge on any atom is 0.315 e. The fourth-order valence-corrected chi connectivity index (χ4v) is 2.42. The first-order valence-electron chi connectivity index (χ1n) is 7.03. The van der Waals surface area contributed by atoms with Crippen molar-refractivity contribution in [2.24, 2.45) is 0 Å². The molecule has 1 aromatic carbocycles. The number of aromatic amines is 1. The minimum absolute atomic E-state index is 0.0564.